The fourth-order valence-corrected chi connectivity index (χ4v) is 5.05. The van der Waals surface area contributed by atoms with Gasteiger partial charge in [0.05, 0.1) is 11.1 Å². The van der Waals surface area contributed by atoms with Crippen molar-refractivity contribution in [3.05, 3.63) is 95.0 Å². The largest absolute Gasteiger partial charge is 0.882 e. The maximum Gasteiger partial charge on any atom is 0.882 e. The van der Waals surface area contributed by atoms with E-state index in [1.165, 1.54) is 22.2 Å². The third kappa shape index (κ3) is 6.91. The highest BCUT2D eigenvalue weighted by atomic mass is 27.2. The molecule has 2 aromatic heterocycles. The van der Waals surface area contributed by atoms with Crippen LogP contribution in [0.5, 0.6) is 11.5 Å². The first-order valence-electron chi connectivity index (χ1n) is 12.8. The number of hydrogen-bond donors (Lipinski definition) is 1. The van der Waals surface area contributed by atoms with Crippen LogP contribution in [0.2, 0.25) is 0 Å². The molecule has 4 aromatic rings. The number of rotatable bonds is 4. The zero-order valence-corrected chi connectivity index (χ0v) is 24.2. The van der Waals surface area contributed by atoms with Crippen molar-refractivity contribution in [2.45, 2.75) is 54.4 Å². The molecule has 0 atom stereocenters. The maximum absolute atomic E-state index is 9.43. The quantitative estimate of drug-likeness (QED) is 0.232. The van der Waals surface area contributed by atoms with E-state index in [1.807, 2.05) is 57.2 Å². The second kappa shape index (κ2) is 13.3. The Bertz CT molecular complexity index is 1440. The van der Waals surface area contributed by atoms with Crippen LogP contribution in [0.3, 0.4) is 0 Å². The van der Waals surface area contributed by atoms with Gasteiger partial charge in [0.15, 0.2) is 11.4 Å². The number of hydrogen-bond acceptors (Lipinski definition) is 4. The molecule has 1 aliphatic rings. The highest BCUT2D eigenvalue weighted by Crippen LogP contribution is 2.26. The van der Waals surface area contributed by atoms with Crippen LogP contribution in [-0.4, -0.2) is 26.0 Å². The number of allylic oxidation sites excluding steroid dienone is 3. The first-order valence-corrected chi connectivity index (χ1v) is 13.7. The molecule has 6 heteroatoms. The summed E-state index contributed by atoms with van der Waals surface area (Å²) in [6.07, 6.45) is 4.43. The average molecular weight is 513 g/mol. The van der Waals surface area contributed by atoms with Gasteiger partial charge in [-0.1, -0.05) is 44.2 Å². The Balaban J connectivity index is 0.000000228. The van der Waals surface area contributed by atoms with Crippen molar-refractivity contribution < 1.29 is 17.3 Å². The van der Waals surface area contributed by atoms with Crippen molar-refractivity contribution in [2.75, 3.05) is 0 Å². The molecule has 0 aliphatic heterocycles. The molecule has 1 aliphatic carbocycles. The van der Waals surface area contributed by atoms with Crippen LogP contribution in [0.15, 0.2) is 83.6 Å². The number of fused-ring (bicyclic) bond motifs is 2. The van der Waals surface area contributed by atoms with Gasteiger partial charge in [-0.05, 0) is 75.1 Å². The van der Waals surface area contributed by atoms with E-state index < -0.39 is 15.9 Å². The number of pyridine rings is 2. The smallest absolute Gasteiger partial charge is 0.616 e. The number of nitrogens with zero attached hydrogens (tertiary/aromatic N) is 2. The van der Waals surface area contributed by atoms with E-state index in [4.69, 9.17) is 7.58 Å². The van der Waals surface area contributed by atoms with Gasteiger partial charge in [0.2, 0.25) is 0 Å². The highest BCUT2D eigenvalue weighted by Gasteiger charge is 2.18. The second-order valence-electron chi connectivity index (χ2n) is 8.90. The Kier molecular flexibility index (Phi) is 10.1. The topological polar surface area (TPSA) is 55.5 Å². The Labute approximate surface area is 227 Å². The molecule has 0 fully saturated rings. The summed E-state index contributed by atoms with van der Waals surface area (Å²) in [5.74, 6) is 2.16. The minimum Gasteiger partial charge on any atom is -0.616 e. The van der Waals surface area contributed by atoms with Crippen molar-refractivity contribution in [1.82, 2.24) is 4.98 Å². The number of para-hydroxylation sites is 2. The molecule has 2 aromatic carbocycles. The second-order valence-corrected chi connectivity index (χ2v) is 9.56. The van der Waals surface area contributed by atoms with E-state index in [9.17, 15) is 5.11 Å². The molecule has 2 heterocycles. The van der Waals surface area contributed by atoms with E-state index >= 15 is 0 Å². The highest BCUT2D eigenvalue weighted by molar-refractivity contribution is 6.20. The molecule has 0 saturated heterocycles. The van der Waals surface area contributed by atoms with Gasteiger partial charge >= 0.3 is 15.9 Å². The van der Waals surface area contributed by atoms with E-state index in [2.05, 4.69) is 61.6 Å². The van der Waals surface area contributed by atoms with E-state index in [1.54, 1.807) is 6.07 Å². The molecule has 191 valence electrons. The fraction of sp³-hybridized carbons (Fsp3) is 0.290. The summed E-state index contributed by atoms with van der Waals surface area (Å²) in [5, 5.41) is 11.6. The summed E-state index contributed by atoms with van der Waals surface area (Å²) in [6, 6.07) is 19.7. The predicted molar refractivity (Wildman–Crippen MR) is 153 cm³/mol. The monoisotopic (exact) mass is 512 g/mol. The molecule has 5 rings (SSSR count). The Morgan fingerprint density at radius 1 is 0.865 bits per heavy atom. The van der Waals surface area contributed by atoms with Crippen LogP contribution in [0.4, 0.5) is 0 Å². The third-order valence-corrected chi connectivity index (χ3v) is 6.98. The lowest BCUT2D eigenvalue weighted by Gasteiger charge is -2.19. The molecule has 0 bridgehead atoms. The van der Waals surface area contributed by atoms with E-state index in [0.717, 1.165) is 40.9 Å². The van der Waals surface area contributed by atoms with Gasteiger partial charge < -0.3 is 12.7 Å². The van der Waals surface area contributed by atoms with E-state index in [-0.39, 0.29) is 5.75 Å². The van der Waals surface area contributed by atoms with Gasteiger partial charge in [-0.15, -0.1) is 0 Å². The number of aryl methyl sites for hydroxylation is 3. The van der Waals surface area contributed by atoms with Crippen molar-refractivity contribution in [2.24, 2.45) is 7.05 Å². The molecule has 0 spiro atoms. The number of phenols is 1. The molecular weight excluding hydrogens is 475 g/mol. The lowest BCUT2D eigenvalue weighted by atomic mass is 10.00. The van der Waals surface area contributed by atoms with Gasteiger partial charge in [-0.3, -0.25) is 0 Å². The van der Waals surface area contributed by atoms with E-state index in [0.29, 0.717) is 5.52 Å². The van der Waals surface area contributed by atoms with Crippen LogP contribution in [-0.2, 0) is 10.8 Å². The first-order chi connectivity index (χ1) is 17.8. The fourth-order valence-electron chi connectivity index (χ4n) is 4.22. The molecular formula is C31H37AlN2O3+. The molecule has 0 saturated carbocycles. The number of aromatic nitrogens is 2. The summed E-state index contributed by atoms with van der Waals surface area (Å²) in [5.41, 5.74) is 6.46. The molecule has 37 heavy (non-hydrogen) atoms. The zero-order valence-electron chi connectivity index (χ0n) is 23.0. The van der Waals surface area contributed by atoms with Crippen molar-refractivity contribution >= 4 is 37.7 Å². The number of benzene rings is 2. The lowest BCUT2D eigenvalue weighted by molar-refractivity contribution is -0.651. The predicted octanol–water partition coefficient (Wildman–Crippen LogP) is 7.19. The summed E-state index contributed by atoms with van der Waals surface area (Å²) < 4.78 is 14.2. The first kappa shape index (κ1) is 28.2. The van der Waals surface area contributed by atoms with Crippen LogP contribution in [0.25, 0.3) is 21.8 Å². The molecule has 1 radical (unpaired) electrons. The molecule has 1 N–H and O–H groups in total. The third-order valence-electron chi connectivity index (χ3n) is 6.29. The van der Waals surface area contributed by atoms with Gasteiger partial charge in [0.25, 0.3) is 5.52 Å². The van der Waals surface area contributed by atoms with Crippen LogP contribution in [0.1, 0.15) is 51.9 Å². The van der Waals surface area contributed by atoms with Crippen LogP contribution >= 0.6 is 0 Å². The van der Waals surface area contributed by atoms with Gasteiger partial charge in [0, 0.05) is 24.1 Å². The number of aromatic hydroxyl groups is 1. The van der Waals surface area contributed by atoms with Crippen LogP contribution < -0.4 is 8.36 Å². The normalized spacial score (nSPS) is 12.7. The summed E-state index contributed by atoms with van der Waals surface area (Å²) >= 11 is -0.584. The molecule has 0 unspecified atom stereocenters. The van der Waals surface area contributed by atoms with Crippen molar-refractivity contribution in [3.63, 3.8) is 0 Å². The Morgan fingerprint density at radius 3 is 2.32 bits per heavy atom. The average Bonchev–Trinajstić information content (AvgIpc) is 2.90. The van der Waals surface area contributed by atoms with Crippen molar-refractivity contribution in [1.29, 1.82) is 0 Å². The van der Waals surface area contributed by atoms with Gasteiger partial charge in [0.1, 0.15) is 18.3 Å². The van der Waals surface area contributed by atoms with Crippen molar-refractivity contribution in [3.8, 4) is 11.5 Å². The summed E-state index contributed by atoms with van der Waals surface area (Å²) in [4.78, 5) is 4.23. The standard InChI is InChI=1S/C11H11NO.C10H9NO.C8H12O.C2H6.Al/c1-8-6-7-9-4-3-5-10(13)11(9)12(8)2;1-7-5-6-8-3-2-4-9(12)10(8)11-7;1-6-4-3-5-7(2)8(6)9;1-2;/h3-7H,1-2H3;2-6,12H,1H3;4,9H,3,5H2,1-2H3;1-2H3;/q;;;;+2/p-1. The van der Waals surface area contributed by atoms with Gasteiger partial charge in [-0.2, -0.15) is 4.57 Å². The van der Waals surface area contributed by atoms with Crippen LogP contribution in [0, 0.1) is 13.8 Å². The van der Waals surface area contributed by atoms with Gasteiger partial charge in [-0.25, -0.2) is 4.98 Å². The Hall–Kier alpha value is -3.33. The minimum atomic E-state index is -0.584. The molecule has 5 nitrogen and oxygen atoms in total. The SMILES string of the molecule is CC.CC1=CCCC(C)=C1[O][Al][O]c1cccc2ccc(C)[n+](C)c12.Cc1ccc2cccc(O)c2n1. The Morgan fingerprint density at radius 2 is 1.57 bits per heavy atom. The minimum absolute atomic E-state index is 0.246. The zero-order chi connectivity index (χ0) is 26.9. The summed E-state index contributed by atoms with van der Waals surface area (Å²) in [7, 11) is 2.07. The lowest BCUT2D eigenvalue weighted by Crippen LogP contribution is -2.33. The number of phenolic OH excluding ortho intramolecular Hbond substituents is 1. The molecule has 0 amide bonds. The summed E-state index contributed by atoms with van der Waals surface area (Å²) in [6.45, 7) is 12.3. The maximum atomic E-state index is 9.43.